The van der Waals surface area contributed by atoms with E-state index in [0.717, 1.165) is 57.6 Å². The molecule has 144 valence electrons. The molecule has 4 aromatic rings. The molecule has 2 aromatic heterocycles. The zero-order valence-electron chi connectivity index (χ0n) is 16.3. The maximum absolute atomic E-state index is 5.30. The van der Waals surface area contributed by atoms with Crippen LogP contribution in [0.3, 0.4) is 0 Å². The first-order chi connectivity index (χ1) is 13.7. The average Bonchev–Trinajstić information content (AvgIpc) is 3.15. The van der Waals surface area contributed by atoms with Gasteiger partial charge in [0.1, 0.15) is 11.6 Å². The number of aromatic nitrogens is 4. The molecule has 0 saturated heterocycles. The molecule has 0 aliphatic carbocycles. The fourth-order valence-electron chi connectivity index (χ4n) is 3.13. The molecule has 0 radical (unpaired) electrons. The summed E-state index contributed by atoms with van der Waals surface area (Å²) in [5, 5.41) is 10.9. The summed E-state index contributed by atoms with van der Waals surface area (Å²) in [7, 11) is 5.85. The SMILES string of the molecule is COc1ccc(-c2nc3ccccc3c3nnc(SCCCN(C)C)n23)cc1. The van der Waals surface area contributed by atoms with E-state index in [9.17, 15) is 0 Å². The van der Waals surface area contributed by atoms with Crippen LogP contribution in [0.2, 0.25) is 0 Å². The van der Waals surface area contributed by atoms with Crippen LogP contribution in [0.25, 0.3) is 27.9 Å². The van der Waals surface area contributed by atoms with Gasteiger partial charge in [0.25, 0.3) is 0 Å². The Balaban J connectivity index is 1.81. The second-order valence-corrected chi connectivity index (χ2v) is 7.89. The van der Waals surface area contributed by atoms with Gasteiger partial charge < -0.3 is 9.64 Å². The highest BCUT2D eigenvalue weighted by Crippen LogP contribution is 2.30. The molecule has 0 aliphatic heterocycles. The molecule has 0 N–H and O–H groups in total. The molecule has 0 aliphatic rings. The van der Waals surface area contributed by atoms with Crippen molar-refractivity contribution in [1.29, 1.82) is 0 Å². The minimum atomic E-state index is 0.822. The third-order valence-corrected chi connectivity index (χ3v) is 5.56. The van der Waals surface area contributed by atoms with E-state index in [1.807, 2.05) is 48.5 Å². The first kappa shape index (κ1) is 18.7. The summed E-state index contributed by atoms with van der Waals surface area (Å²) in [5.41, 5.74) is 2.76. The number of para-hydroxylation sites is 1. The zero-order valence-corrected chi connectivity index (χ0v) is 17.1. The van der Waals surface area contributed by atoms with Crippen LogP contribution in [0.1, 0.15) is 6.42 Å². The summed E-state index contributed by atoms with van der Waals surface area (Å²) >= 11 is 1.72. The number of hydrogen-bond acceptors (Lipinski definition) is 6. The van der Waals surface area contributed by atoms with Crippen LogP contribution in [-0.4, -0.2) is 58.0 Å². The molecule has 2 heterocycles. The third kappa shape index (κ3) is 3.68. The Morgan fingerprint density at radius 3 is 2.57 bits per heavy atom. The highest BCUT2D eigenvalue weighted by atomic mass is 32.2. The number of hydrogen-bond donors (Lipinski definition) is 0. The molecule has 0 saturated carbocycles. The molecular weight excluding hydrogens is 370 g/mol. The predicted octanol–water partition coefficient (Wildman–Crippen LogP) is 4.00. The second-order valence-electron chi connectivity index (χ2n) is 6.83. The lowest BCUT2D eigenvalue weighted by atomic mass is 10.1. The summed E-state index contributed by atoms with van der Waals surface area (Å²) in [5.74, 6) is 2.65. The van der Waals surface area contributed by atoms with Crippen LogP contribution in [0.15, 0.2) is 53.7 Å². The number of methoxy groups -OCH3 is 1. The largest absolute Gasteiger partial charge is 0.497 e. The minimum Gasteiger partial charge on any atom is -0.497 e. The zero-order chi connectivity index (χ0) is 19.5. The maximum Gasteiger partial charge on any atom is 0.197 e. The highest BCUT2D eigenvalue weighted by Gasteiger charge is 2.16. The quantitative estimate of drug-likeness (QED) is 0.349. The number of benzene rings is 2. The van der Waals surface area contributed by atoms with Gasteiger partial charge in [-0.25, -0.2) is 4.98 Å². The Kier molecular flexibility index (Phi) is 5.45. The third-order valence-electron chi connectivity index (χ3n) is 4.55. The van der Waals surface area contributed by atoms with Crippen molar-refractivity contribution in [2.45, 2.75) is 11.6 Å². The smallest absolute Gasteiger partial charge is 0.197 e. The molecule has 0 spiro atoms. The van der Waals surface area contributed by atoms with Crippen LogP contribution in [0.5, 0.6) is 5.75 Å². The summed E-state index contributed by atoms with van der Waals surface area (Å²) in [4.78, 5) is 7.13. The summed E-state index contributed by atoms with van der Waals surface area (Å²) in [6.07, 6.45) is 1.09. The normalized spacial score (nSPS) is 11.6. The number of nitrogens with zero attached hydrogens (tertiary/aromatic N) is 5. The van der Waals surface area contributed by atoms with Crippen molar-refractivity contribution in [1.82, 2.24) is 24.5 Å². The molecule has 0 atom stereocenters. The molecule has 7 heteroatoms. The Hall–Kier alpha value is -2.64. The van der Waals surface area contributed by atoms with Gasteiger partial charge in [0.05, 0.1) is 12.6 Å². The molecule has 0 bridgehead atoms. The number of ether oxygens (including phenoxy) is 1. The van der Waals surface area contributed by atoms with E-state index in [0.29, 0.717) is 0 Å². The summed E-state index contributed by atoms with van der Waals surface area (Å²) < 4.78 is 7.37. The predicted molar refractivity (Wildman–Crippen MR) is 114 cm³/mol. The second kappa shape index (κ2) is 8.16. The van der Waals surface area contributed by atoms with Crippen LogP contribution in [0.4, 0.5) is 0 Å². The van der Waals surface area contributed by atoms with E-state index in [-0.39, 0.29) is 0 Å². The Morgan fingerprint density at radius 1 is 1.04 bits per heavy atom. The van der Waals surface area contributed by atoms with Crippen molar-refractivity contribution >= 4 is 28.3 Å². The molecule has 6 nitrogen and oxygen atoms in total. The van der Waals surface area contributed by atoms with Gasteiger partial charge in [-0.15, -0.1) is 10.2 Å². The van der Waals surface area contributed by atoms with E-state index in [1.54, 1.807) is 18.9 Å². The van der Waals surface area contributed by atoms with E-state index in [4.69, 9.17) is 9.72 Å². The molecule has 0 amide bonds. The fraction of sp³-hybridized carbons (Fsp3) is 0.286. The first-order valence-corrected chi connectivity index (χ1v) is 10.2. The fourth-order valence-corrected chi connectivity index (χ4v) is 3.99. The van der Waals surface area contributed by atoms with Crippen molar-refractivity contribution < 1.29 is 4.74 Å². The van der Waals surface area contributed by atoms with Crippen molar-refractivity contribution in [2.75, 3.05) is 33.5 Å². The van der Waals surface area contributed by atoms with Gasteiger partial charge in [0, 0.05) is 16.7 Å². The minimum absolute atomic E-state index is 0.822. The van der Waals surface area contributed by atoms with Gasteiger partial charge in [-0.2, -0.15) is 0 Å². The molecule has 4 rings (SSSR count). The van der Waals surface area contributed by atoms with Crippen LogP contribution < -0.4 is 4.74 Å². The number of rotatable bonds is 7. The van der Waals surface area contributed by atoms with Gasteiger partial charge in [0.2, 0.25) is 0 Å². The van der Waals surface area contributed by atoms with Gasteiger partial charge >= 0.3 is 0 Å². The van der Waals surface area contributed by atoms with Gasteiger partial charge in [-0.05, 0) is 63.5 Å². The molecule has 0 unspecified atom stereocenters. The Bertz CT molecular complexity index is 1090. The Morgan fingerprint density at radius 2 is 1.82 bits per heavy atom. The van der Waals surface area contributed by atoms with Gasteiger partial charge in [0.15, 0.2) is 10.8 Å². The average molecular weight is 394 g/mol. The number of thioether (sulfide) groups is 1. The van der Waals surface area contributed by atoms with Crippen molar-refractivity contribution in [3.8, 4) is 17.1 Å². The van der Waals surface area contributed by atoms with Crippen molar-refractivity contribution in [3.05, 3.63) is 48.5 Å². The van der Waals surface area contributed by atoms with Crippen LogP contribution in [0, 0.1) is 0 Å². The molecule has 28 heavy (non-hydrogen) atoms. The van der Waals surface area contributed by atoms with Gasteiger partial charge in [-0.3, -0.25) is 4.40 Å². The van der Waals surface area contributed by atoms with Crippen molar-refractivity contribution in [3.63, 3.8) is 0 Å². The lowest BCUT2D eigenvalue weighted by molar-refractivity contribution is 0.410. The lowest BCUT2D eigenvalue weighted by Crippen LogP contribution is -2.13. The molecular formula is C21H23N5OS. The van der Waals surface area contributed by atoms with E-state index in [2.05, 4.69) is 33.6 Å². The lowest BCUT2D eigenvalue weighted by Gasteiger charge is -2.11. The molecule has 2 aromatic carbocycles. The summed E-state index contributed by atoms with van der Waals surface area (Å²) in [6, 6.07) is 16.0. The van der Waals surface area contributed by atoms with Crippen LogP contribution >= 0.6 is 11.8 Å². The van der Waals surface area contributed by atoms with E-state index < -0.39 is 0 Å². The van der Waals surface area contributed by atoms with Crippen LogP contribution in [-0.2, 0) is 0 Å². The standard InChI is InChI=1S/C21H23N5OS/c1-25(2)13-6-14-28-21-24-23-20-17-7-4-5-8-18(17)22-19(26(20)21)15-9-11-16(27-3)12-10-15/h4-5,7-12H,6,13-14H2,1-3H3. The van der Waals surface area contributed by atoms with Gasteiger partial charge in [-0.1, -0.05) is 23.9 Å². The maximum atomic E-state index is 5.30. The number of fused-ring (bicyclic) bond motifs is 3. The van der Waals surface area contributed by atoms with Crippen molar-refractivity contribution in [2.24, 2.45) is 0 Å². The highest BCUT2D eigenvalue weighted by molar-refractivity contribution is 7.99. The topological polar surface area (TPSA) is 55.6 Å². The summed E-state index contributed by atoms with van der Waals surface area (Å²) in [6.45, 7) is 1.05. The monoisotopic (exact) mass is 393 g/mol. The molecule has 0 fully saturated rings. The first-order valence-electron chi connectivity index (χ1n) is 9.23. The van der Waals surface area contributed by atoms with E-state index in [1.165, 1.54) is 0 Å². The Labute approximate surface area is 168 Å². The van der Waals surface area contributed by atoms with E-state index >= 15 is 0 Å².